The molecule has 0 spiro atoms. The SMILES string of the molecule is Cc1cccc(C)c1N1CCC(O)CC1. The number of anilines is 1. The molecule has 2 nitrogen and oxygen atoms in total. The molecule has 15 heavy (non-hydrogen) atoms. The third-order valence-electron chi connectivity index (χ3n) is 3.22. The van der Waals surface area contributed by atoms with Gasteiger partial charge in [0.2, 0.25) is 0 Å². The van der Waals surface area contributed by atoms with Crippen molar-refractivity contribution in [3.63, 3.8) is 0 Å². The van der Waals surface area contributed by atoms with Gasteiger partial charge in [0.05, 0.1) is 6.10 Å². The van der Waals surface area contributed by atoms with E-state index in [9.17, 15) is 5.11 Å². The second kappa shape index (κ2) is 4.23. The van der Waals surface area contributed by atoms with Crippen molar-refractivity contribution in [3.05, 3.63) is 29.3 Å². The van der Waals surface area contributed by atoms with E-state index < -0.39 is 0 Å². The van der Waals surface area contributed by atoms with Gasteiger partial charge in [-0.2, -0.15) is 0 Å². The van der Waals surface area contributed by atoms with E-state index in [-0.39, 0.29) is 6.10 Å². The first-order chi connectivity index (χ1) is 7.18. The fourth-order valence-electron chi connectivity index (χ4n) is 2.39. The normalized spacial score (nSPS) is 18.2. The van der Waals surface area contributed by atoms with Crippen LogP contribution in [0.3, 0.4) is 0 Å². The minimum absolute atomic E-state index is 0.0921. The van der Waals surface area contributed by atoms with Crippen molar-refractivity contribution in [2.75, 3.05) is 18.0 Å². The maximum absolute atomic E-state index is 9.49. The van der Waals surface area contributed by atoms with E-state index in [1.807, 2.05) is 0 Å². The topological polar surface area (TPSA) is 23.5 Å². The number of benzene rings is 1. The molecule has 1 aromatic carbocycles. The molecular formula is C13H19NO. The number of hydrogen-bond donors (Lipinski definition) is 1. The molecule has 0 unspecified atom stereocenters. The van der Waals surface area contributed by atoms with Crippen LogP contribution in [0.25, 0.3) is 0 Å². The van der Waals surface area contributed by atoms with E-state index >= 15 is 0 Å². The van der Waals surface area contributed by atoms with Crippen molar-refractivity contribution in [1.29, 1.82) is 0 Å². The fourth-order valence-corrected chi connectivity index (χ4v) is 2.39. The quantitative estimate of drug-likeness (QED) is 0.760. The van der Waals surface area contributed by atoms with Gasteiger partial charge in [-0.25, -0.2) is 0 Å². The van der Waals surface area contributed by atoms with Gasteiger partial charge in [-0.3, -0.25) is 0 Å². The molecule has 1 aliphatic heterocycles. The Hall–Kier alpha value is -1.02. The summed E-state index contributed by atoms with van der Waals surface area (Å²) in [5, 5.41) is 9.49. The highest BCUT2D eigenvalue weighted by atomic mass is 16.3. The largest absolute Gasteiger partial charge is 0.393 e. The average molecular weight is 205 g/mol. The predicted molar refractivity (Wildman–Crippen MR) is 63.4 cm³/mol. The summed E-state index contributed by atoms with van der Waals surface area (Å²) in [4.78, 5) is 2.40. The number of hydrogen-bond acceptors (Lipinski definition) is 2. The maximum atomic E-state index is 9.49. The molecule has 0 amide bonds. The molecule has 1 heterocycles. The smallest absolute Gasteiger partial charge is 0.0574 e. The Morgan fingerprint density at radius 1 is 1.13 bits per heavy atom. The summed E-state index contributed by atoms with van der Waals surface area (Å²) in [6.07, 6.45) is 1.70. The van der Waals surface area contributed by atoms with Crippen LogP contribution >= 0.6 is 0 Å². The summed E-state index contributed by atoms with van der Waals surface area (Å²) in [5.41, 5.74) is 4.04. The number of aliphatic hydroxyl groups is 1. The Labute approximate surface area is 91.5 Å². The minimum atomic E-state index is -0.0921. The van der Waals surface area contributed by atoms with Gasteiger partial charge in [0.15, 0.2) is 0 Å². The van der Waals surface area contributed by atoms with Gasteiger partial charge in [-0.05, 0) is 37.8 Å². The number of rotatable bonds is 1. The number of piperidine rings is 1. The van der Waals surface area contributed by atoms with E-state index in [0.717, 1.165) is 25.9 Å². The summed E-state index contributed by atoms with van der Waals surface area (Å²) in [6.45, 7) is 6.28. The van der Waals surface area contributed by atoms with Crippen molar-refractivity contribution in [2.45, 2.75) is 32.8 Å². The highest BCUT2D eigenvalue weighted by molar-refractivity contribution is 5.59. The molecule has 1 aliphatic rings. The van der Waals surface area contributed by atoms with E-state index in [1.54, 1.807) is 0 Å². The van der Waals surface area contributed by atoms with Gasteiger partial charge in [0.25, 0.3) is 0 Å². The van der Waals surface area contributed by atoms with Crippen molar-refractivity contribution in [2.24, 2.45) is 0 Å². The van der Waals surface area contributed by atoms with E-state index in [1.165, 1.54) is 16.8 Å². The average Bonchev–Trinajstić information content (AvgIpc) is 2.20. The van der Waals surface area contributed by atoms with Crippen LogP contribution in [-0.2, 0) is 0 Å². The first-order valence-electron chi connectivity index (χ1n) is 5.67. The van der Waals surface area contributed by atoms with Gasteiger partial charge in [0.1, 0.15) is 0 Å². The predicted octanol–water partition coefficient (Wildman–Crippen LogP) is 2.26. The number of aliphatic hydroxyl groups excluding tert-OH is 1. The summed E-state index contributed by atoms with van der Waals surface area (Å²) < 4.78 is 0. The first kappa shape index (κ1) is 10.5. The molecule has 1 aromatic rings. The third-order valence-corrected chi connectivity index (χ3v) is 3.22. The molecule has 0 bridgehead atoms. The Morgan fingerprint density at radius 3 is 2.20 bits per heavy atom. The van der Waals surface area contributed by atoms with Crippen LogP contribution in [-0.4, -0.2) is 24.3 Å². The fraction of sp³-hybridized carbons (Fsp3) is 0.538. The summed E-state index contributed by atoms with van der Waals surface area (Å²) in [7, 11) is 0. The zero-order chi connectivity index (χ0) is 10.8. The molecule has 1 fully saturated rings. The molecule has 2 heteroatoms. The van der Waals surface area contributed by atoms with Crippen molar-refractivity contribution in [3.8, 4) is 0 Å². The van der Waals surface area contributed by atoms with Crippen molar-refractivity contribution in [1.82, 2.24) is 0 Å². The lowest BCUT2D eigenvalue weighted by molar-refractivity contribution is 0.145. The van der Waals surface area contributed by atoms with Crippen LogP contribution in [0.5, 0.6) is 0 Å². The van der Waals surface area contributed by atoms with E-state index in [0.29, 0.717) is 0 Å². The lowest BCUT2D eigenvalue weighted by Crippen LogP contribution is -2.36. The molecule has 0 saturated carbocycles. The Kier molecular flexibility index (Phi) is 2.96. The third kappa shape index (κ3) is 2.15. The van der Waals surface area contributed by atoms with Crippen LogP contribution in [0.15, 0.2) is 18.2 Å². The Morgan fingerprint density at radius 2 is 1.67 bits per heavy atom. The van der Waals surface area contributed by atoms with Gasteiger partial charge in [0, 0.05) is 18.8 Å². The Bertz CT molecular complexity index is 320. The van der Waals surface area contributed by atoms with Crippen LogP contribution < -0.4 is 4.90 Å². The lowest BCUT2D eigenvalue weighted by Gasteiger charge is -2.33. The zero-order valence-corrected chi connectivity index (χ0v) is 9.53. The van der Waals surface area contributed by atoms with E-state index in [2.05, 4.69) is 36.9 Å². The summed E-state index contributed by atoms with van der Waals surface area (Å²) in [6, 6.07) is 6.42. The lowest BCUT2D eigenvalue weighted by atomic mass is 10.0. The second-order valence-corrected chi connectivity index (χ2v) is 4.46. The molecule has 0 radical (unpaired) electrons. The van der Waals surface area contributed by atoms with Crippen molar-refractivity contribution < 1.29 is 5.11 Å². The van der Waals surface area contributed by atoms with Crippen molar-refractivity contribution >= 4 is 5.69 Å². The molecule has 0 atom stereocenters. The number of nitrogens with zero attached hydrogens (tertiary/aromatic N) is 1. The first-order valence-corrected chi connectivity index (χ1v) is 5.67. The highest BCUT2D eigenvalue weighted by Gasteiger charge is 2.19. The maximum Gasteiger partial charge on any atom is 0.0574 e. The van der Waals surface area contributed by atoms with E-state index in [4.69, 9.17) is 0 Å². The molecule has 0 aliphatic carbocycles. The molecule has 82 valence electrons. The van der Waals surface area contributed by atoms with Gasteiger partial charge in [-0.1, -0.05) is 18.2 Å². The summed E-state index contributed by atoms with van der Waals surface area (Å²) >= 11 is 0. The molecule has 2 rings (SSSR count). The van der Waals surface area contributed by atoms with Crippen LogP contribution in [0.2, 0.25) is 0 Å². The molecule has 1 N–H and O–H groups in total. The van der Waals surface area contributed by atoms with Crippen LogP contribution in [0.4, 0.5) is 5.69 Å². The molecular weight excluding hydrogens is 186 g/mol. The van der Waals surface area contributed by atoms with Gasteiger partial charge < -0.3 is 10.0 Å². The standard InChI is InChI=1S/C13H19NO/c1-10-4-3-5-11(2)13(10)14-8-6-12(15)7-9-14/h3-5,12,15H,6-9H2,1-2H3. The second-order valence-electron chi connectivity index (χ2n) is 4.46. The van der Waals surface area contributed by atoms with Crippen LogP contribution in [0, 0.1) is 13.8 Å². The van der Waals surface area contributed by atoms with Gasteiger partial charge in [-0.15, -0.1) is 0 Å². The van der Waals surface area contributed by atoms with Crippen LogP contribution in [0.1, 0.15) is 24.0 Å². The molecule has 1 saturated heterocycles. The molecule has 0 aromatic heterocycles. The monoisotopic (exact) mass is 205 g/mol. The Balaban J connectivity index is 2.22. The zero-order valence-electron chi connectivity index (χ0n) is 9.53. The van der Waals surface area contributed by atoms with Gasteiger partial charge >= 0.3 is 0 Å². The number of para-hydroxylation sites is 1. The highest BCUT2D eigenvalue weighted by Crippen LogP contribution is 2.27. The minimum Gasteiger partial charge on any atom is -0.393 e. The summed E-state index contributed by atoms with van der Waals surface area (Å²) in [5.74, 6) is 0. The number of aryl methyl sites for hydroxylation is 2.